The average Bonchev–Trinajstić information content (AvgIpc) is 2.27. The number of aliphatic hydroxyl groups excluding tert-OH is 1. The van der Waals surface area contributed by atoms with Crippen molar-refractivity contribution >= 4 is 21.9 Å². The minimum Gasteiger partial charge on any atom is -0.463 e. The van der Waals surface area contributed by atoms with E-state index in [4.69, 9.17) is 4.74 Å². The molecule has 3 nitrogen and oxygen atoms in total. The number of hydrogen-bond acceptors (Lipinski definition) is 3. The Kier molecular flexibility index (Phi) is 5.22. The van der Waals surface area contributed by atoms with Crippen molar-refractivity contribution in [2.24, 2.45) is 0 Å². The van der Waals surface area contributed by atoms with Crippen LogP contribution in [0.2, 0.25) is 0 Å². The summed E-state index contributed by atoms with van der Waals surface area (Å²) in [5.74, 6) is -0.446. The summed E-state index contributed by atoms with van der Waals surface area (Å²) in [7, 11) is 0. The predicted octanol–water partition coefficient (Wildman–Crippen LogP) is 2.60. The van der Waals surface area contributed by atoms with Gasteiger partial charge in [-0.2, -0.15) is 0 Å². The van der Waals surface area contributed by atoms with Crippen LogP contribution in [0.15, 0.2) is 40.9 Å². The van der Waals surface area contributed by atoms with Crippen LogP contribution in [0.1, 0.15) is 18.6 Å². The molecule has 0 unspecified atom stereocenters. The quantitative estimate of drug-likeness (QED) is 0.683. The van der Waals surface area contributed by atoms with Gasteiger partial charge in [0.15, 0.2) is 0 Å². The molecule has 0 heterocycles. The van der Waals surface area contributed by atoms with Gasteiger partial charge in [0.1, 0.15) is 0 Å². The third-order valence-electron chi connectivity index (χ3n) is 1.91. The van der Waals surface area contributed by atoms with E-state index in [1.165, 1.54) is 12.2 Å². The van der Waals surface area contributed by atoms with Gasteiger partial charge in [0.25, 0.3) is 0 Å². The van der Waals surface area contributed by atoms with Crippen molar-refractivity contribution in [3.8, 4) is 0 Å². The minimum atomic E-state index is -0.794. The summed E-state index contributed by atoms with van der Waals surface area (Å²) in [5.41, 5.74) is 0.726. The first-order chi connectivity index (χ1) is 7.63. The molecule has 1 N–H and O–H groups in total. The van der Waals surface area contributed by atoms with Gasteiger partial charge >= 0.3 is 5.97 Å². The van der Waals surface area contributed by atoms with E-state index in [2.05, 4.69) is 15.9 Å². The van der Waals surface area contributed by atoms with E-state index in [1.54, 1.807) is 19.1 Å². The van der Waals surface area contributed by atoms with Crippen molar-refractivity contribution in [1.29, 1.82) is 0 Å². The first kappa shape index (κ1) is 12.9. The Labute approximate surface area is 103 Å². The maximum atomic E-state index is 11.0. The molecular formula is C12H13BrO3. The molecule has 0 aliphatic carbocycles. The van der Waals surface area contributed by atoms with Crippen LogP contribution < -0.4 is 0 Å². The van der Waals surface area contributed by atoms with Crippen LogP contribution >= 0.6 is 15.9 Å². The van der Waals surface area contributed by atoms with Crippen LogP contribution in [-0.4, -0.2) is 17.7 Å². The molecule has 0 aromatic heterocycles. The van der Waals surface area contributed by atoms with Gasteiger partial charge < -0.3 is 9.84 Å². The predicted molar refractivity (Wildman–Crippen MR) is 64.9 cm³/mol. The van der Waals surface area contributed by atoms with E-state index < -0.39 is 12.1 Å². The molecular weight excluding hydrogens is 272 g/mol. The highest BCUT2D eigenvalue weighted by atomic mass is 79.9. The Morgan fingerprint density at radius 2 is 2.12 bits per heavy atom. The van der Waals surface area contributed by atoms with Crippen molar-refractivity contribution in [1.82, 2.24) is 0 Å². The number of aliphatic hydroxyl groups is 1. The largest absolute Gasteiger partial charge is 0.463 e. The summed E-state index contributed by atoms with van der Waals surface area (Å²) in [6.45, 7) is 2.06. The maximum Gasteiger partial charge on any atom is 0.330 e. The molecule has 1 aromatic rings. The van der Waals surface area contributed by atoms with Gasteiger partial charge in [-0.15, -0.1) is 0 Å². The monoisotopic (exact) mass is 284 g/mol. The highest BCUT2D eigenvalue weighted by Crippen LogP contribution is 2.17. The lowest BCUT2D eigenvalue weighted by Crippen LogP contribution is -2.01. The summed E-state index contributed by atoms with van der Waals surface area (Å²) in [6.07, 6.45) is 1.84. The van der Waals surface area contributed by atoms with Crippen LogP contribution in [-0.2, 0) is 9.53 Å². The fraction of sp³-hybridized carbons (Fsp3) is 0.250. The Morgan fingerprint density at radius 3 is 2.69 bits per heavy atom. The van der Waals surface area contributed by atoms with Crippen LogP contribution in [0.4, 0.5) is 0 Å². The summed E-state index contributed by atoms with van der Waals surface area (Å²) in [4.78, 5) is 11.0. The Balaban J connectivity index is 2.61. The molecule has 0 bridgehead atoms. The lowest BCUT2D eigenvalue weighted by atomic mass is 10.1. The van der Waals surface area contributed by atoms with Gasteiger partial charge in [-0.25, -0.2) is 4.79 Å². The highest BCUT2D eigenvalue weighted by Gasteiger charge is 2.03. The minimum absolute atomic E-state index is 0.331. The Hall–Kier alpha value is -1.13. The number of hydrogen-bond donors (Lipinski definition) is 1. The lowest BCUT2D eigenvalue weighted by Gasteiger charge is -2.05. The van der Waals surface area contributed by atoms with Gasteiger partial charge in [0, 0.05) is 10.5 Å². The number of esters is 1. The first-order valence-electron chi connectivity index (χ1n) is 4.92. The molecule has 0 aliphatic heterocycles. The fourth-order valence-electron chi connectivity index (χ4n) is 1.13. The van der Waals surface area contributed by atoms with Crippen LogP contribution in [0.3, 0.4) is 0 Å². The van der Waals surface area contributed by atoms with E-state index in [1.807, 2.05) is 12.1 Å². The standard InChI is InChI=1S/C12H13BrO3/c1-2-16-12(15)8-7-11(14)9-3-5-10(13)6-4-9/h3-8,11,14H,2H2,1H3/b8-7+/t11-/m1/s1. The van der Waals surface area contributed by atoms with Crippen molar-refractivity contribution in [2.75, 3.05) is 6.61 Å². The zero-order valence-electron chi connectivity index (χ0n) is 8.89. The van der Waals surface area contributed by atoms with Crippen molar-refractivity contribution in [3.05, 3.63) is 46.5 Å². The number of halogens is 1. The molecule has 1 aromatic carbocycles. The smallest absolute Gasteiger partial charge is 0.330 e. The summed E-state index contributed by atoms with van der Waals surface area (Å²) in [5, 5.41) is 9.72. The molecule has 4 heteroatoms. The number of ether oxygens (including phenoxy) is 1. The van der Waals surface area contributed by atoms with Crippen LogP contribution in [0.25, 0.3) is 0 Å². The topological polar surface area (TPSA) is 46.5 Å². The summed E-state index contributed by atoms with van der Waals surface area (Å²) >= 11 is 3.30. The molecule has 0 radical (unpaired) electrons. The highest BCUT2D eigenvalue weighted by molar-refractivity contribution is 9.10. The van der Waals surface area contributed by atoms with Crippen molar-refractivity contribution in [3.63, 3.8) is 0 Å². The zero-order valence-corrected chi connectivity index (χ0v) is 10.5. The lowest BCUT2D eigenvalue weighted by molar-refractivity contribution is -0.137. The van der Waals surface area contributed by atoms with E-state index in [9.17, 15) is 9.90 Å². The molecule has 0 fully saturated rings. The van der Waals surface area contributed by atoms with E-state index in [0.29, 0.717) is 6.61 Å². The van der Waals surface area contributed by atoms with Crippen molar-refractivity contribution < 1.29 is 14.6 Å². The Morgan fingerprint density at radius 1 is 1.50 bits per heavy atom. The Bertz CT molecular complexity index is 370. The van der Waals surface area contributed by atoms with Crippen molar-refractivity contribution in [2.45, 2.75) is 13.0 Å². The zero-order chi connectivity index (χ0) is 12.0. The summed E-state index contributed by atoms with van der Waals surface area (Å²) < 4.78 is 5.65. The maximum absolute atomic E-state index is 11.0. The molecule has 0 saturated carbocycles. The first-order valence-corrected chi connectivity index (χ1v) is 5.71. The van der Waals surface area contributed by atoms with Gasteiger partial charge in [-0.1, -0.05) is 28.1 Å². The van der Waals surface area contributed by atoms with Gasteiger partial charge in [-0.3, -0.25) is 0 Å². The third-order valence-corrected chi connectivity index (χ3v) is 2.44. The average molecular weight is 285 g/mol. The second-order valence-corrected chi connectivity index (χ2v) is 4.02. The van der Waals surface area contributed by atoms with E-state index in [0.717, 1.165) is 10.0 Å². The number of rotatable bonds is 4. The SMILES string of the molecule is CCOC(=O)/C=C/[C@@H](O)c1ccc(Br)cc1. The van der Waals surface area contributed by atoms with Gasteiger partial charge in [0.2, 0.25) is 0 Å². The number of carbonyl (C=O) groups excluding carboxylic acids is 1. The third kappa shape index (κ3) is 4.16. The second-order valence-electron chi connectivity index (χ2n) is 3.11. The van der Waals surface area contributed by atoms with Crippen LogP contribution in [0, 0.1) is 0 Å². The number of carbonyl (C=O) groups is 1. The fourth-order valence-corrected chi connectivity index (χ4v) is 1.40. The molecule has 0 spiro atoms. The molecule has 0 saturated heterocycles. The van der Waals surface area contributed by atoms with Gasteiger partial charge in [0.05, 0.1) is 12.7 Å². The molecule has 86 valence electrons. The molecule has 1 atom stereocenters. The molecule has 0 amide bonds. The summed E-state index contributed by atoms with van der Waals surface area (Å²) in [6, 6.07) is 7.22. The van der Waals surface area contributed by atoms with E-state index in [-0.39, 0.29) is 0 Å². The van der Waals surface area contributed by atoms with E-state index >= 15 is 0 Å². The van der Waals surface area contributed by atoms with Crippen LogP contribution in [0.5, 0.6) is 0 Å². The second kappa shape index (κ2) is 6.45. The molecule has 16 heavy (non-hydrogen) atoms. The normalized spacial score (nSPS) is 12.7. The number of benzene rings is 1. The van der Waals surface area contributed by atoms with Gasteiger partial charge in [-0.05, 0) is 30.7 Å². The molecule has 1 rings (SSSR count). The molecule has 0 aliphatic rings.